The summed E-state index contributed by atoms with van der Waals surface area (Å²) in [4.78, 5) is 2.52. The molecule has 0 bridgehead atoms. The van der Waals surface area contributed by atoms with Crippen LogP contribution in [-0.2, 0) is 0 Å². The first-order chi connectivity index (χ1) is 27.2. The van der Waals surface area contributed by atoms with E-state index in [1.165, 1.54) is 76.2 Å². The summed E-state index contributed by atoms with van der Waals surface area (Å²) in [5.74, 6) is 0. The Morgan fingerprint density at radius 2 is 0.582 bits per heavy atom. The van der Waals surface area contributed by atoms with Gasteiger partial charge in [-0.2, -0.15) is 0 Å². The lowest BCUT2D eigenvalue weighted by molar-refractivity contribution is 0.668. The number of para-hydroxylation sites is 2. The minimum Gasteiger partial charge on any atom is -0.456 e. The zero-order valence-corrected chi connectivity index (χ0v) is 30.5. The molecule has 3 heterocycles. The van der Waals surface area contributed by atoms with Gasteiger partial charge >= 0.3 is 0 Å². The molecule has 0 aliphatic carbocycles. The average Bonchev–Trinajstić information content (AvgIpc) is 4.00. The maximum Gasteiger partial charge on any atom is 0.136 e. The van der Waals surface area contributed by atoms with Crippen molar-refractivity contribution < 1.29 is 8.83 Å². The standard InChI is InChI=1S/C52H32O2S/c1-3-11-45-43(7-1)51-41(9-5-13-47(51)53-45)37-23-15-33(16-24-37)35-19-27-39(28-20-35)49-31-32-50(55-49)40-29-21-36(22-30-40)34-17-25-38(26-18-34)42-10-6-14-48-52(42)44-8-2-4-12-46(44)54-48/h1-32H. The highest BCUT2D eigenvalue weighted by molar-refractivity contribution is 7.18. The van der Waals surface area contributed by atoms with Crippen molar-refractivity contribution in [2.24, 2.45) is 0 Å². The van der Waals surface area contributed by atoms with Gasteiger partial charge in [0.05, 0.1) is 0 Å². The highest BCUT2D eigenvalue weighted by Crippen LogP contribution is 2.40. The number of rotatable bonds is 6. The van der Waals surface area contributed by atoms with E-state index in [2.05, 4.69) is 158 Å². The Morgan fingerprint density at radius 1 is 0.255 bits per heavy atom. The summed E-state index contributed by atoms with van der Waals surface area (Å²) in [6.45, 7) is 0. The van der Waals surface area contributed by atoms with Crippen LogP contribution >= 0.6 is 11.3 Å². The van der Waals surface area contributed by atoms with Gasteiger partial charge in [-0.05, 0) is 92.0 Å². The Labute approximate surface area is 322 Å². The van der Waals surface area contributed by atoms with Gasteiger partial charge in [-0.1, -0.05) is 158 Å². The molecule has 0 radical (unpaired) electrons. The van der Waals surface area contributed by atoms with Crippen LogP contribution in [0.1, 0.15) is 0 Å². The second-order valence-electron chi connectivity index (χ2n) is 14.0. The molecule has 3 aromatic heterocycles. The van der Waals surface area contributed by atoms with Gasteiger partial charge in [0.1, 0.15) is 22.3 Å². The van der Waals surface area contributed by atoms with Crippen LogP contribution in [-0.4, -0.2) is 0 Å². The Bertz CT molecular complexity index is 2940. The number of benzene rings is 8. The number of fused-ring (bicyclic) bond motifs is 6. The van der Waals surface area contributed by atoms with Crippen molar-refractivity contribution in [3.8, 4) is 65.4 Å². The summed E-state index contributed by atoms with van der Waals surface area (Å²) >= 11 is 1.83. The molecule has 55 heavy (non-hydrogen) atoms. The van der Waals surface area contributed by atoms with Crippen LogP contribution in [0.4, 0.5) is 0 Å². The van der Waals surface area contributed by atoms with E-state index in [-0.39, 0.29) is 0 Å². The fraction of sp³-hybridized carbons (Fsp3) is 0. The van der Waals surface area contributed by atoms with E-state index < -0.39 is 0 Å². The van der Waals surface area contributed by atoms with Crippen LogP contribution in [0.15, 0.2) is 203 Å². The molecule has 258 valence electrons. The van der Waals surface area contributed by atoms with Crippen molar-refractivity contribution in [3.63, 3.8) is 0 Å². The Hall–Kier alpha value is -6.94. The van der Waals surface area contributed by atoms with Gasteiger partial charge < -0.3 is 8.83 Å². The summed E-state index contributed by atoms with van der Waals surface area (Å²) in [5.41, 5.74) is 15.7. The fourth-order valence-corrected chi connectivity index (χ4v) is 9.03. The van der Waals surface area contributed by atoms with Crippen LogP contribution in [0.3, 0.4) is 0 Å². The number of hydrogen-bond donors (Lipinski definition) is 0. The van der Waals surface area contributed by atoms with Crippen LogP contribution in [0.5, 0.6) is 0 Å². The molecule has 0 saturated heterocycles. The predicted octanol–water partition coefficient (Wildman–Crippen LogP) is 15.5. The van der Waals surface area contributed by atoms with Crippen LogP contribution < -0.4 is 0 Å². The van der Waals surface area contributed by atoms with Crippen molar-refractivity contribution in [1.29, 1.82) is 0 Å². The minimum atomic E-state index is 0.920. The summed E-state index contributed by atoms with van der Waals surface area (Å²) in [7, 11) is 0. The van der Waals surface area contributed by atoms with Gasteiger partial charge in [-0.3, -0.25) is 0 Å². The third-order valence-electron chi connectivity index (χ3n) is 10.8. The second kappa shape index (κ2) is 12.9. The van der Waals surface area contributed by atoms with E-state index in [9.17, 15) is 0 Å². The molecule has 0 saturated carbocycles. The molecule has 0 aliphatic heterocycles. The third-order valence-corrected chi connectivity index (χ3v) is 12.0. The normalized spacial score (nSPS) is 11.6. The summed E-state index contributed by atoms with van der Waals surface area (Å²) < 4.78 is 12.3. The summed E-state index contributed by atoms with van der Waals surface area (Å²) in [6.07, 6.45) is 0. The molecule has 0 amide bonds. The Balaban J connectivity index is 0.801. The van der Waals surface area contributed by atoms with E-state index in [4.69, 9.17) is 8.83 Å². The number of furan rings is 2. The first-order valence-electron chi connectivity index (χ1n) is 18.6. The maximum atomic E-state index is 6.13. The number of hydrogen-bond acceptors (Lipinski definition) is 3. The average molecular weight is 721 g/mol. The van der Waals surface area contributed by atoms with Crippen molar-refractivity contribution in [1.82, 2.24) is 0 Å². The lowest BCUT2D eigenvalue weighted by Crippen LogP contribution is -1.82. The van der Waals surface area contributed by atoms with Gasteiger partial charge in [-0.15, -0.1) is 11.3 Å². The van der Waals surface area contributed by atoms with Crippen LogP contribution in [0.25, 0.3) is 109 Å². The molecule has 0 fully saturated rings. The lowest BCUT2D eigenvalue weighted by atomic mass is 9.96. The van der Waals surface area contributed by atoms with Gasteiger partial charge in [0.15, 0.2) is 0 Å². The number of thiophene rings is 1. The quantitative estimate of drug-likeness (QED) is 0.171. The first-order valence-corrected chi connectivity index (χ1v) is 19.4. The molecule has 2 nitrogen and oxygen atoms in total. The molecule has 11 rings (SSSR count). The molecule has 0 unspecified atom stereocenters. The molecular formula is C52H32O2S. The largest absolute Gasteiger partial charge is 0.456 e. The van der Waals surface area contributed by atoms with Crippen LogP contribution in [0.2, 0.25) is 0 Å². The summed E-state index contributed by atoms with van der Waals surface area (Å²) in [6, 6.07) is 69.2. The zero-order chi connectivity index (χ0) is 36.3. The van der Waals surface area contributed by atoms with Crippen molar-refractivity contribution in [3.05, 3.63) is 194 Å². The topological polar surface area (TPSA) is 26.3 Å². The van der Waals surface area contributed by atoms with Gasteiger partial charge in [0.25, 0.3) is 0 Å². The zero-order valence-electron chi connectivity index (χ0n) is 29.7. The lowest BCUT2D eigenvalue weighted by Gasteiger charge is -2.08. The van der Waals surface area contributed by atoms with Gasteiger partial charge in [0, 0.05) is 31.3 Å². The van der Waals surface area contributed by atoms with Crippen molar-refractivity contribution in [2.45, 2.75) is 0 Å². The van der Waals surface area contributed by atoms with Crippen molar-refractivity contribution in [2.75, 3.05) is 0 Å². The molecule has 0 spiro atoms. The Kier molecular flexibility index (Phi) is 7.39. The monoisotopic (exact) mass is 720 g/mol. The predicted molar refractivity (Wildman–Crippen MR) is 231 cm³/mol. The van der Waals surface area contributed by atoms with Crippen LogP contribution in [0, 0.1) is 0 Å². The molecule has 3 heteroatoms. The molecule has 8 aromatic carbocycles. The van der Waals surface area contributed by atoms with E-state index in [0.29, 0.717) is 0 Å². The molecule has 0 N–H and O–H groups in total. The molecule has 0 aliphatic rings. The highest BCUT2D eigenvalue weighted by Gasteiger charge is 2.14. The van der Waals surface area contributed by atoms with Crippen molar-refractivity contribution >= 4 is 55.2 Å². The van der Waals surface area contributed by atoms with Gasteiger partial charge in [-0.25, -0.2) is 0 Å². The highest BCUT2D eigenvalue weighted by atomic mass is 32.1. The fourth-order valence-electron chi connectivity index (χ4n) is 8.02. The van der Waals surface area contributed by atoms with E-state index in [1.807, 2.05) is 47.7 Å². The van der Waals surface area contributed by atoms with E-state index >= 15 is 0 Å². The Morgan fingerprint density at radius 3 is 0.982 bits per heavy atom. The third kappa shape index (κ3) is 5.48. The van der Waals surface area contributed by atoms with E-state index in [0.717, 1.165) is 33.1 Å². The SMILES string of the molecule is c1ccc2c(c1)oc1cccc(-c3ccc(-c4ccc(-c5ccc(-c6ccc(-c7ccc(-c8cccc9oc%10ccccc%10c89)cc7)cc6)s5)cc4)cc3)c12. The van der Waals surface area contributed by atoms with E-state index in [1.54, 1.807) is 0 Å². The minimum absolute atomic E-state index is 0.920. The smallest absolute Gasteiger partial charge is 0.136 e. The summed E-state index contributed by atoms with van der Waals surface area (Å²) in [5, 5.41) is 4.64. The second-order valence-corrected chi connectivity index (χ2v) is 15.1. The maximum absolute atomic E-state index is 6.13. The van der Waals surface area contributed by atoms with Gasteiger partial charge in [0.2, 0.25) is 0 Å². The molecule has 11 aromatic rings. The molecular weight excluding hydrogens is 689 g/mol. The first kappa shape index (κ1) is 31.6. The molecule has 0 atom stereocenters.